The van der Waals surface area contributed by atoms with E-state index in [0.29, 0.717) is 12.6 Å². The van der Waals surface area contributed by atoms with Crippen molar-refractivity contribution in [1.82, 2.24) is 10.2 Å². The van der Waals surface area contributed by atoms with Gasteiger partial charge >= 0.3 is 0 Å². The Bertz CT molecular complexity index is 582. The monoisotopic (exact) mass is 473 g/mol. The molecule has 1 saturated carbocycles. The third-order valence-corrected chi connectivity index (χ3v) is 4.98. The van der Waals surface area contributed by atoms with Crippen LogP contribution in [0.15, 0.2) is 23.2 Å². The fourth-order valence-corrected chi connectivity index (χ4v) is 3.61. The summed E-state index contributed by atoms with van der Waals surface area (Å²) in [4.78, 5) is 7.15. The van der Waals surface area contributed by atoms with E-state index in [4.69, 9.17) is 14.5 Å². The van der Waals surface area contributed by atoms with E-state index in [1.165, 1.54) is 25.7 Å². The van der Waals surface area contributed by atoms with Gasteiger partial charge in [-0.3, -0.25) is 0 Å². The van der Waals surface area contributed by atoms with E-state index in [-0.39, 0.29) is 24.0 Å². The first-order valence-corrected chi connectivity index (χ1v) is 9.67. The van der Waals surface area contributed by atoms with E-state index in [2.05, 4.69) is 29.3 Å². The molecular formula is C20H32IN3O2. The summed E-state index contributed by atoms with van der Waals surface area (Å²) in [6.07, 6.45) is 7.69. The maximum absolute atomic E-state index is 6.12. The quantitative estimate of drug-likeness (QED) is 0.382. The molecule has 1 aliphatic carbocycles. The molecule has 6 heteroatoms. The van der Waals surface area contributed by atoms with Crippen molar-refractivity contribution in [3.05, 3.63) is 23.8 Å². The van der Waals surface area contributed by atoms with E-state index in [1.807, 2.05) is 6.07 Å². The fraction of sp³-hybridized carbons (Fsp3) is 0.650. The lowest BCUT2D eigenvalue weighted by Gasteiger charge is -2.21. The molecule has 0 aromatic heterocycles. The summed E-state index contributed by atoms with van der Waals surface area (Å²) in [6, 6.07) is 6.19. The number of likely N-dealkylation sites (tertiary alicyclic amines) is 1. The molecule has 1 N–H and O–H groups in total. The third kappa shape index (κ3) is 5.66. The van der Waals surface area contributed by atoms with Crippen molar-refractivity contribution in [2.24, 2.45) is 4.99 Å². The van der Waals surface area contributed by atoms with Crippen LogP contribution in [0.5, 0.6) is 11.5 Å². The Hall–Kier alpha value is -1.18. The van der Waals surface area contributed by atoms with Gasteiger partial charge in [0.25, 0.3) is 0 Å². The molecule has 1 heterocycles. The number of methoxy groups -OCH3 is 1. The molecule has 2 aliphatic rings. The summed E-state index contributed by atoms with van der Waals surface area (Å²) in [5.41, 5.74) is 1.14. The fourth-order valence-electron chi connectivity index (χ4n) is 3.61. The summed E-state index contributed by atoms with van der Waals surface area (Å²) in [5.74, 6) is 2.68. The van der Waals surface area contributed by atoms with Crippen LogP contribution in [0, 0.1) is 0 Å². The topological polar surface area (TPSA) is 46.1 Å². The molecule has 0 spiro atoms. The van der Waals surface area contributed by atoms with Crippen LogP contribution in [0.1, 0.15) is 51.0 Å². The summed E-state index contributed by atoms with van der Waals surface area (Å²) >= 11 is 0. The van der Waals surface area contributed by atoms with Crippen molar-refractivity contribution in [1.29, 1.82) is 0 Å². The SMILES string of the molecule is CCNC(=NCc1ccc(OC2CCCC2)c(OC)c1)N1CCCC1.I. The molecule has 1 aromatic carbocycles. The van der Waals surface area contributed by atoms with Gasteiger partial charge in [0.2, 0.25) is 0 Å². The highest BCUT2D eigenvalue weighted by atomic mass is 127. The average Bonchev–Trinajstić information content (AvgIpc) is 3.33. The van der Waals surface area contributed by atoms with Crippen molar-refractivity contribution >= 4 is 29.9 Å². The molecule has 3 rings (SSSR count). The molecular weight excluding hydrogens is 441 g/mol. The Labute approximate surface area is 174 Å². The highest BCUT2D eigenvalue weighted by Gasteiger charge is 2.19. The summed E-state index contributed by atoms with van der Waals surface area (Å²) in [6.45, 7) is 5.86. The highest BCUT2D eigenvalue weighted by Crippen LogP contribution is 2.32. The van der Waals surface area contributed by atoms with Crippen LogP contribution in [0.2, 0.25) is 0 Å². The van der Waals surface area contributed by atoms with Gasteiger partial charge < -0.3 is 19.7 Å². The van der Waals surface area contributed by atoms with E-state index in [0.717, 1.165) is 55.5 Å². The third-order valence-electron chi connectivity index (χ3n) is 4.98. The van der Waals surface area contributed by atoms with Crippen molar-refractivity contribution in [3.8, 4) is 11.5 Å². The maximum atomic E-state index is 6.12. The van der Waals surface area contributed by atoms with Crippen LogP contribution in [0.4, 0.5) is 0 Å². The molecule has 5 nitrogen and oxygen atoms in total. The molecule has 0 bridgehead atoms. The van der Waals surface area contributed by atoms with Crippen molar-refractivity contribution in [2.45, 2.75) is 58.1 Å². The van der Waals surface area contributed by atoms with Gasteiger partial charge in [0.05, 0.1) is 19.8 Å². The van der Waals surface area contributed by atoms with E-state index in [9.17, 15) is 0 Å². The van der Waals surface area contributed by atoms with Gasteiger partial charge in [0.15, 0.2) is 17.5 Å². The molecule has 1 saturated heterocycles. The van der Waals surface area contributed by atoms with Gasteiger partial charge in [-0.2, -0.15) is 0 Å². The van der Waals surface area contributed by atoms with Gasteiger partial charge in [-0.1, -0.05) is 6.07 Å². The van der Waals surface area contributed by atoms with Gasteiger partial charge in [-0.25, -0.2) is 4.99 Å². The number of halogens is 1. The summed E-state index contributed by atoms with van der Waals surface area (Å²) < 4.78 is 11.7. The normalized spacial score (nSPS) is 17.9. The second kappa shape index (κ2) is 10.8. The van der Waals surface area contributed by atoms with Crippen LogP contribution < -0.4 is 14.8 Å². The second-order valence-corrected chi connectivity index (χ2v) is 6.87. The van der Waals surface area contributed by atoms with Crippen molar-refractivity contribution in [3.63, 3.8) is 0 Å². The minimum absolute atomic E-state index is 0. The summed E-state index contributed by atoms with van der Waals surface area (Å²) in [5, 5.41) is 3.40. The number of aliphatic imine (C=N–C) groups is 1. The van der Waals surface area contributed by atoms with E-state index < -0.39 is 0 Å². The lowest BCUT2D eigenvalue weighted by molar-refractivity contribution is 0.200. The molecule has 0 unspecified atom stereocenters. The zero-order valence-electron chi connectivity index (χ0n) is 16.0. The zero-order valence-corrected chi connectivity index (χ0v) is 18.3. The van der Waals surface area contributed by atoms with Gasteiger partial charge in [0.1, 0.15) is 0 Å². The number of hydrogen-bond donors (Lipinski definition) is 1. The van der Waals surface area contributed by atoms with Gasteiger partial charge in [0, 0.05) is 19.6 Å². The van der Waals surface area contributed by atoms with E-state index >= 15 is 0 Å². The average molecular weight is 473 g/mol. The predicted molar refractivity (Wildman–Crippen MR) is 117 cm³/mol. The Morgan fingerprint density at radius 3 is 2.54 bits per heavy atom. The smallest absolute Gasteiger partial charge is 0.194 e. The first-order valence-electron chi connectivity index (χ1n) is 9.67. The Balaban J connectivity index is 0.00000243. The van der Waals surface area contributed by atoms with Gasteiger partial charge in [-0.05, 0) is 63.1 Å². The van der Waals surface area contributed by atoms with Crippen LogP contribution in [-0.4, -0.2) is 43.7 Å². The standard InChI is InChI=1S/C20H31N3O2.HI/c1-3-21-20(23-12-6-7-13-23)22-15-16-10-11-18(19(14-16)24-2)25-17-8-4-5-9-17;/h10-11,14,17H,3-9,12-13,15H2,1-2H3,(H,21,22);1H. The van der Waals surface area contributed by atoms with Crippen LogP contribution in [-0.2, 0) is 6.54 Å². The Kier molecular flexibility index (Phi) is 8.81. The zero-order chi connectivity index (χ0) is 17.5. The van der Waals surface area contributed by atoms with Crippen molar-refractivity contribution < 1.29 is 9.47 Å². The number of nitrogens with one attached hydrogen (secondary N) is 1. The Morgan fingerprint density at radius 1 is 1.15 bits per heavy atom. The van der Waals surface area contributed by atoms with Gasteiger partial charge in [-0.15, -0.1) is 24.0 Å². The number of nitrogens with zero attached hydrogens (tertiary/aromatic N) is 2. The van der Waals surface area contributed by atoms with Crippen LogP contribution in [0.25, 0.3) is 0 Å². The lowest BCUT2D eigenvalue weighted by atomic mass is 10.2. The number of ether oxygens (including phenoxy) is 2. The number of hydrogen-bond acceptors (Lipinski definition) is 3. The summed E-state index contributed by atoms with van der Waals surface area (Å²) in [7, 11) is 1.71. The van der Waals surface area contributed by atoms with Crippen molar-refractivity contribution in [2.75, 3.05) is 26.7 Å². The molecule has 1 aliphatic heterocycles. The largest absolute Gasteiger partial charge is 0.493 e. The molecule has 0 radical (unpaired) electrons. The predicted octanol–water partition coefficient (Wildman–Crippen LogP) is 4.20. The highest BCUT2D eigenvalue weighted by molar-refractivity contribution is 14.0. The van der Waals surface area contributed by atoms with E-state index in [1.54, 1.807) is 7.11 Å². The molecule has 26 heavy (non-hydrogen) atoms. The lowest BCUT2D eigenvalue weighted by Crippen LogP contribution is -2.39. The maximum Gasteiger partial charge on any atom is 0.194 e. The Morgan fingerprint density at radius 2 is 1.88 bits per heavy atom. The number of benzene rings is 1. The first-order chi connectivity index (χ1) is 12.3. The molecule has 146 valence electrons. The number of guanidine groups is 1. The number of rotatable bonds is 6. The minimum atomic E-state index is 0. The molecule has 0 amide bonds. The molecule has 2 fully saturated rings. The minimum Gasteiger partial charge on any atom is -0.493 e. The molecule has 0 atom stereocenters. The van der Waals surface area contributed by atoms with Crippen LogP contribution in [0.3, 0.4) is 0 Å². The second-order valence-electron chi connectivity index (χ2n) is 6.87. The molecule has 1 aromatic rings. The van der Waals surface area contributed by atoms with Crippen LogP contribution >= 0.6 is 24.0 Å². The first kappa shape index (κ1) is 21.1.